The summed E-state index contributed by atoms with van der Waals surface area (Å²) in [5.74, 6) is 7.08. The Morgan fingerprint density at radius 3 is 2.71 bits per heavy atom. The van der Waals surface area contributed by atoms with Gasteiger partial charge in [-0.2, -0.15) is 5.26 Å². The van der Waals surface area contributed by atoms with Crippen LogP contribution < -0.4 is 15.4 Å². The van der Waals surface area contributed by atoms with E-state index in [0.29, 0.717) is 17.8 Å². The van der Waals surface area contributed by atoms with Gasteiger partial charge < -0.3 is 19.9 Å². The number of benzene rings is 2. The highest BCUT2D eigenvalue weighted by atomic mass is 16.5. The fraction of sp³-hybridized carbons (Fsp3) is 0.280. The van der Waals surface area contributed by atoms with Crippen molar-refractivity contribution < 1.29 is 9.53 Å². The van der Waals surface area contributed by atoms with Crippen LogP contribution in [0.15, 0.2) is 42.5 Å². The molecule has 0 radical (unpaired) electrons. The number of hydrogen-bond donors (Lipinski definition) is 2. The first-order valence-corrected chi connectivity index (χ1v) is 10.4. The highest BCUT2D eigenvalue weighted by molar-refractivity contribution is 5.95. The number of ether oxygens (including phenoxy) is 1. The second-order valence-electron chi connectivity index (χ2n) is 7.43. The Hall–Kier alpha value is -3.74. The topological polar surface area (TPSA) is 79.1 Å². The van der Waals surface area contributed by atoms with Crippen molar-refractivity contribution in [2.24, 2.45) is 0 Å². The van der Waals surface area contributed by atoms with Crippen molar-refractivity contribution in [3.8, 4) is 23.7 Å². The summed E-state index contributed by atoms with van der Waals surface area (Å²) in [7, 11) is 1.63. The molecule has 4 rings (SSSR count). The molecule has 1 atom stereocenters. The van der Waals surface area contributed by atoms with Crippen LogP contribution in [0, 0.1) is 23.2 Å². The zero-order valence-corrected chi connectivity index (χ0v) is 17.7. The lowest BCUT2D eigenvalue weighted by molar-refractivity contribution is -0.117. The number of nitrogens with one attached hydrogen (secondary N) is 2. The van der Waals surface area contributed by atoms with Crippen LogP contribution in [0.4, 0.5) is 5.69 Å². The quantitative estimate of drug-likeness (QED) is 0.642. The third-order valence-corrected chi connectivity index (χ3v) is 5.55. The maximum atomic E-state index is 12.2. The monoisotopic (exact) mass is 412 g/mol. The minimum Gasteiger partial charge on any atom is -0.497 e. The van der Waals surface area contributed by atoms with E-state index in [1.807, 2.05) is 54.0 Å². The molecule has 2 N–H and O–H groups in total. The van der Waals surface area contributed by atoms with Crippen molar-refractivity contribution >= 4 is 22.5 Å². The van der Waals surface area contributed by atoms with Crippen LogP contribution in [0.3, 0.4) is 0 Å². The molecule has 0 saturated carbocycles. The smallest absolute Gasteiger partial charge is 0.241 e. The normalized spacial score (nSPS) is 15.2. The third kappa shape index (κ3) is 4.12. The average molecular weight is 412 g/mol. The van der Waals surface area contributed by atoms with Gasteiger partial charge in [-0.25, -0.2) is 0 Å². The Labute approximate surface area is 181 Å². The molecule has 0 unspecified atom stereocenters. The molecule has 1 amide bonds. The number of methoxy groups -OCH3 is 1. The number of nitriles is 1. The fourth-order valence-electron chi connectivity index (χ4n) is 3.93. The Morgan fingerprint density at radius 2 is 2.06 bits per heavy atom. The van der Waals surface area contributed by atoms with Crippen molar-refractivity contribution in [3.63, 3.8) is 0 Å². The number of anilines is 1. The highest BCUT2D eigenvalue weighted by Crippen LogP contribution is 2.29. The molecule has 3 aromatic rings. The van der Waals surface area contributed by atoms with Gasteiger partial charge in [-0.3, -0.25) is 4.79 Å². The molecule has 2 heterocycles. The summed E-state index contributed by atoms with van der Waals surface area (Å²) in [5, 5.41) is 16.8. The summed E-state index contributed by atoms with van der Waals surface area (Å²) in [6.45, 7) is 3.61. The number of amides is 1. The van der Waals surface area contributed by atoms with Crippen molar-refractivity contribution in [3.05, 3.63) is 59.3 Å². The fourth-order valence-corrected chi connectivity index (χ4v) is 3.93. The van der Waals surface area contributed by atoms with Gasteiger partial charge in [-0.15, -0.1) is 0 Å². The van der Waals surface area contributed by atoms with Crippen LogP contribution in [0.1, 0.15) is 36.6 Å². The van der Waals surface area contributed by atoms with Gasteiger partial charge in [0.25, 0.3) is 0 Å². The number of aryl methyl sites for hydroxylation is 1. The molecule has 0 bridgehead atoms. The lowest BCUT2D eigenvalue weighted by Crippen LogP contribution is -2.35. The predicted octanol–water partition coefficient (Wildman–Crippen LogP) is 3.63. The summed E-state index contributed by atoms with van der Waals surface area (Å²) in [6, 6.07) is 15.3. The SMILES string of the molecule is CCn1c(C#Cc2ccc(NC(=O)[C@@H]3CCCN3)cc2)c(C#N)c2ccc(OC)cc21. The first-order chi connectivity index (χ1) is 15.1. The number of carbonyl (C=O) groups is 1. The van der Waals surface area contributed by atoms with Crippen molar-refractivity contribution in [1.82, 2.24) is 9.88 Å². The maximum absolute atomic E-state index is 12.2. The molecule has 1 aromatic heterocycles. The predicted molar refractivity (Wildman–Crippen MR) is 121 cm³/mol. The van der Waals surface area contributed by atoms with Crippen LogP contribution in [-0.4, -0.2) is 30.2 Å². The zero-order chi connectivity index (χ0) is 21.8. The van der Waals surface area contributed by atoms with E-state index in [0.717, 1.165) is 47.3 Å². The van der Waals surface area contributed by atoms with Gasteiger partial charge >= 0.3 is 0 Å². The molecule has 156 valence electrons. The zero-order valence-electron chi connectivity index (χ0n) is 17.7. The minimum atomic E-state index is -0.113. The Balaban J connectivity index is 1.61. The standard InChI is InChI=1S/C25H24N4O2/c1-3-29-23(21(16-26)20-12-11-19(31-2)15-24(20)29)13-8-17-6-9-18(10-7-17)28-25(30)22-5-4-14-27-22/h6-7,9-12,15,22,27H,3-5,14H2,1-2H3,(H,28,30)/t22-/m0/s1. The molecule has 0 aliphatic carbocycles. The second kappa shape index (κ2) is 8.95. The van der Waals surface area contributed by atoms with Crippen molar-refractivity contribution in [2.75, 3.05) is 19.0 Å². The largest absolute Gasteiger partial charge is 0.497 e. The van der Waals surface area contributed by atoms with Crippen LogP contribution >= 0.6 is 0 Å². The van der Waals surface area contributed by atoms with Gasteiger partial charge in [-0.1, -0.05) is 5.92 Å². The average Bonchev–Trinajstić information content (AvgIpc) is 3.44. The Bertz CT molecular complexity index is 1220. The van der Waals surface area contributed by atoms with E-state index in [2.05, 4.69) is 28.5 Å². The van der Waals surface area contributed by atoms with Crippen LogP contribution in [0.2, 0.25) is 0 Å². The summed E-state index contributed by atoms with van der Waals surface area (Å²) in [5.41, 5.74) is 3.75. The first kappa shape index (κ1) is 20.5. The van der Waals surface area contributed by atoms with Gasteiger partial charge in [0.05, 0.1) is 24.2 Å². The van der Waals surface area contributed by atoms with E-state index in [9.17, 15) is 10.1 Å². The molecular weight excluding hydrogens is 388 g/mol. The van der Waals surface area contributed by atoms with E-state index < -0.39 is 0 Å². The van der Waals surface area contributed by atoms with E-state index in [1.165, 1.54) is 0 Å². The molecule has 1 saturated heterocycles. The Kier molecular flexibility index (Phi) is 5.93. The van der Waals surface area contributed by atoms with Gasteiger partial charge in [-0.05, 0) is 68.6 Å². The first-order valence-electron chi connectivity index (χ1n) is 10.4. The van der Waals surface area contributed by atoms with Crippen LogP contribution in [0.25, 0.3) is 10.9 Å². The van der Waals surface area contributed by atoms with E-state index in [1.54, 1.807) is 7.11 Å². The number of hydrogen-bond acceptors (Lipinski definition) is 4. The van der Waals surface area contributed by atoms with Gasteiger partial charge in [0.15, 0.2) is 0 Å². The number of aromatic nitrogens is 1. The van der Waals surface area contributed by atoms with Crippen molar-refractivity contribution in [1.29, 1.82) is 5.26 Å². The summed E-state index contributed by atoms with van der Waals surface area (Å²) >= 11 is 0. The minimum absolute atomic E-state index is 0.00196. The second-order valence-corrected chi connectivity index (χ2v) is 7.43. The van der Waals surface area contributed by atoms with E-state index >= 15 is 0 Å². The molecule has 1 fully saturated rings. The van der Waals surface area contributed by atoms with Crippen LogP contribution in [-0.2, 0) is 11.3 Å². The van der Waals surface area contributed by atoms with Gasteiger partial charge in [0, 0.05) is 29.2 Å². The summed E-state index contributed by atoms with van der Waals surface area (Å²) in [6.07, 6.45) is 1.90. The summed E-state index contributed by atoms with van der Waals surface area (Å²) in [4.78, 5) is 12.2. The maximum Gasteiger partial charge on any atom is 0.241 e. The molecule has 6 nitrogen and oxygen atoms in total. The molecule has 1 aliphatic heterocycles. The Morgan fingerprint density at radius 1 is 1.26 bits per heavy atom. The molecule has 2 aromatic carbocycles. The van der Waals surface area contributed by atoms with Gasteiger partial charge in [0.1, 0.15) is 17.5 Å². The van der Waals surface area contributed by atoms with E-state index in [-0.39, 0.29) is 11.9 Å². The lowest BCUT2D eigenvalue weighted by atomic mass is 10.1. The molecule has 0 spiro atoms. The third-order valence-electron chi connectivity index (χ3n) is 5.55. The van der Waals surface area contributed by atoms with E-state index in [4.69, 9.17) is 4.74 Å². The lowest BCUT2D eigenvalue weighted by Gasteiger charge is -2.10. The number of carbonyl (C=O) groups excluding carboxylic acids is 1. The molecular formula is C25H24N4O2. The highest BCUT2D eigenvalue weighted by Gasteiger charge is 2.21. The number of rotatable bonds is 4. The molecule has 6 heteroatoms. The summed E-state index contributed by atoms with van der Waals surface area (Å²) < 4.78 is 7.37. The van der Waals surface area contributed by atoms with Gasteiger partial charge in [0.2, 0.25) is 5.91 Å². The molecule has 1 aliphatic rings. The van der Waals surface area contributed by atoms with Crippen LogP contribution in [0.5, 0.6) is 5.75 Å². The number of fused-ring (bicyclic) bond motifs is 1. The van der Waals surface area contributed by atoms with Crippen molar-refractivity contribution in [2.45, 2.75) is 32.4 Å². The molecule has 31 heavy (non-hydrogen) atoms. The number of nitrogens with zero attached hydrogens (tertiary/aromatic N) is 2.